The Morgan fingerprint density at radius 3 is 2.70 bits per heavy atom. The Balaban J connectivity index is 0.00000210. The van der Waals surface area contributed by atoms with Gasteiger partial charge in [-0.05, 0) is 29.7 Å². The first-order valence-corrected chi connectivity index (χ1v) is 8.46. The Morgan fingerprint density at radius 2 is 1.85 bits per heavy atom. The third kappa shape index (κ3) is 4.32. The predicted molar refractivity (Wildman–Crippen MR) is 102 cm³/mol. The summed E-state index contributed by atoms with van der Waals surface area (Å²) in [6, 6.07) is 12.9. The van der Waals surface area contributed by atoms with Crippen molar-refractivity contribution in [3.63, 3.8) is 0 Å². The smallest absolute Gasteiger partial charge is 0.243 e. The molecule has 0 spiro atoms. The van der Waals surface area contributed by atoms with E-state index in [-0.39, 0.29) is 43.6 Å². The molecule has 0 radical (unpaired) electrons. The summed E-state index contributed by atoms with van der Waals surface area (Å²) >= 11 is 0. The fourth-order valence-electron chi connectivity index (χ4n) is 3.11. The SMILES string of the molecule is Cl.O=C(CNC(=O)[C@@H]1Cc2ccccc2CN1)Nc1ccc2c(c1)OCO2. The fourth-order valence-corrected chi connectivity index (χ4v) is 3.11. The molecule has 0 unspecified atom stereocenters. The molecule has 2 aromatic rings. The van der Waals surface area contributed by atoms with Crippen LogP contribution in [0, 0.1) is 0 Å². The summed E-state index contributed by atoms with van der Waals surface area (Å²) in [6.07, 6.45) is 0.617. The number of carbonyl (C=O) groups excluding carboxylic acids is 2. The van der Waals surface area contributed by atoms with Crippen molar-refractivity contribution in [2.45, 2.75) is 19.0 Å². The Morgan fingerprint density at radius 1 is 1.07 bits per heavy atom. The van der Waals surface area contributed by atoms with Crippen LogP contribution in [0.2, 0.25) is 0 Å². The van der Waals surface area contributed by atoms with Crippen molar-refractivity contribution in [2.24, 2.45) is 0 Å². The van der Waals surface area contributed by atoms with Crippen LogP contribution < -0.4 is 25.4 Å². The van der Waals surface area contributed by atoms with Crippen LogP contribution in [0.4, 0.5) is 5.69 Å². The number of hydrogen-bond acceptors (Lipinski definition) is 5. The maximum absolute atomic E-state index is 12.3. The van der Waals surface area contributed by atoms with Crippen LogP contribution in [0.3, 0.4) is 0 Å². The molecular weight excluding hydrogens is 370 g/mol. The van der Waals surface area contributed by atoms with Gasteiger partial charge < -0.3 is 25.4 Å². The Kier molecular flexibility index (Phi) is 5.83. The van der Waals surface area contributed by atoms with Crippen molar-refractivity contribution in [3.05, 3.63) is 53.6 Å². The number of anilines is 1. The largest absolute Gasteiger partial charge is 0.454 e. The maximum Gasteiger partial charge on any atom is 0.243 e. The Hall–Kier alpha value is -2.77. The minimum atomic E-state index is -0.330. The molecule has 2 aromatic carbocycles. The molecule has 2 amide bonds. The monoisotopic (exact) mass is 389 g/mol. The molecule has 2 heterocycles. The van der Waals surface area contributed by atoms with E-state index >= 15 is 0 Å². The highest BCUT2D eigenvalue weighted by atomic mass is 35.5. The van der Waals surface area contributed by atoms with Gasteiger partial charge in [0.1, 0.15) is 0 Å². The number of fused-ring (bicyclic) bond motifs is 2. The third-order valence-corrected chi connectivity index (χ3v) is 4.48. The Labute approximate surface area is 162 Å². The van der Waals surface area contributed by atoms with Gasteiger partial charge in [0, 0.05) is 18.3 Å². The first kappa shape index (κ1) is 19.0. The highest BCUT2D eigenvalue weighted by Crippen LogP contribution is 2.34. The lowest BCUT2D eigenvalue weighted by atomic mass is 9.95. The quantitative estimate of drug-likeness (QED) is 0.739. The summed E-state index contributed by atoms with van der Waals surface area (Å²) in [5.41, 5.74) is 2.96. The van der Waals surface area contributed by atoms with E-state index in [0.717, 1.165) is 5.56 Å². The zero-order valence-corrected chi connectivity index (χ0v) is 15.3. The van der Waals surface area contributed by atoms with Gasteiger partial charge in [0.2, 0.25) is 18.6 Å². The van der Waals surface area contributed by atoms with Crippen molar-refractivity contribution in [3.8, 4) is 11.5 Å². The van der Waals surface area contributed by atoms with Crippen LogP contribution in [0.15, 0.2) is 42.5 Å². The molecule has 8 heteroatoms. The van der Waals surface area contributed by atoms with E-state index in [1.165, 1.54) is 5.56 Å². The molecule has 4 rings (SSSR count). The van der Waals surface area contributed by atoms with E-state index in [1.807, 2.05) is 18.2 Å². The van der Waals surface area contributed by atoms with E-state index in [0.29, 0.717) is 30.2 Å². The second kappa shape index (κ2) is 8.28. The zero-order valence-electron chi connectivity index (χ0n) is 14.5. The topological polar surface area (TPSA) is 88.7 Å². The summed E-state index contributed by atoms with van der Waals surface area (Å²) < 4.78 is 10.5. The molecule has 7 nitrogen and oxygen atoms in total. The molecule has 0 fully saturated rings. The van der Waals surface area contributed by atoms with Gasteiger partial charge in [-0.15, -0.1) is 12.4 Å². The van der Waals surface area contributed by atoms with Crippen molar-refractivity contribution >= 4 is 29.9 Å². The lowest BCUT2D eigenvalue weighted by Crippen LogP contribution is -2.49. The summed E-state index contributed by atoms with van der Waals surface area (Å²) in [4.78, 5) is 24.4. The maximum atomic E-state index is 12.3. The second-order valence-corrected chi connectivity index (χ2v) is 6.24. The van der Waals surface area contributed by atoms with Gasteiger partial charge in [0.25, 0.3) is 0 Å². The zero-order chi connectivity index (χ0) is 17.9. The normalized spacial score (nSPS) is 16.7. The molecular formula is C19H20ClN3O4. The summed E-state index contributed by atoms with van der Waals surface area (Å²) in [6.45, 7) is 0.741. The van der Waals surface area contributed by atoms with Crippen LogP contribution in [0.1, 0.15) is 11.1 Å². The van der Waals surface area contributed by atoms with Crippen molar-refractivity contribution in [1.82, 2.24) is 10.6 Å². The van der Waals surface area contributed by atoms with Gasteiger partial charge >= 0.3 is 0 Å². The number of ether oxygens (including phenoxy) is 2. The molecule has 142 valence electrons. The van der Waals surface area contributed by atoms with Crippen LogP contribution >= 0.6 is 12.4 Å². The van der Waals surface area contributed by atoms with Crippen LogP contribution in [-0.2, 0) is 22.6 Å². The first-order chi connectivity index (χ1) is 12.7. The molecule has 0 aliphatic carbocycles. The first-order valence-electron chi connectivity index (χ1n) is 8.46. The third-order valence-electron chi connectivity index (χ3n) is 4.48. The van der Waals surface area contributed by atoms with Gasteiger partial charge in [-0.25, -0.2) is 0 Å². The van der Waals surface area contributed by atoms with Gasteiger partial charge in [-0.1, -0.05) is 24.3 Å². The van der Waals surface area contributed by atoms with Gasteiger partial charge in [-0.3, -0.25) is 9.59 Å². The molecule has 0 saturated carbocycles. The molecule has 3 N–H and O–H groups in total. The van der Waals surface area contributed by atoms with Crippen molar-refractivity contribution in [1.29, 1.82) is 0 Å². The number of hydrogen-bond donors (Lipinski definition) is 3. The van der Waals surface area contributed by atoms with E-state index in [9.17, 15) is 9.59 Å². The molecule has 0 aromatic heterocycles. The number of halogens is 1. The number of carbonyl (C=O) groups is 2. The number of amides is 2. The van der Waals surface area contributed by atoms with Gasteiger partial charge in [0.05, 0.1) is 12.6 Å². The number of rotatable bonds is 4. The summed E-state index contributed by atoms with van der Waals surface area (Å²) in [5.74, 6) is 0.769. The average molecular weight is 390 g/mol. The van der Waals surface area contributed by atoms with Crippen LogP contribution in [0.5, 0.6) is 11.5 Å². The molecule has 2 aliphatic heterocycles. The van der Waals surface area contributed by atoms with E-state index in [2.05, 4.69) is 22.0 Å². The standard InChI is InChI=1S/C19H19N3O4.ClH/c23-18(22-14-5-6-16-17(8-14)26-11-25-16)10-21-19(24)15-7-12-3-1-2-4-13(12)9-20-15;/h1-6,8,15,20H,7,9-11H2,(H,21,24)(H,22,23);1H/t15-;/m0./s1. The predicted octanol–water partition coefficient (Wildman–Crippen LogP) is 1.61. The number of benzene rings is 2. The highest BCUT2D eigenvalue weighted by molar-refractivity contribution is 5.95. The van der Waals surface area contributed by atoms with E-state index in [4.69, 9.17) is 9.47 Å². The average Bonchev–Trinajstić information content (AvgIpc) is 3.13. The molecule has 0 saturated heterocycles. The van der Waals surface area contributed by atoms with Gasteiger partial charge in [-0.2, -0.15) is 0 Å². The van der Waals surface area contributed by atoms with E-state index < -0.39 is 0 Å². The minimum absolute atomic E-state index is 0. The van der Waals surface area contributed by atoms with Crippen molar-refractivity contribution in [2.75, 3.05) is 18.7 Å². The fraction of sp³-hybridized carbons (Fsp3) is 0.263. The second-order valence-electron chi connectivity index (χ2n) is 6.24. The van der Waals surface area contributed by atoms with Crippen LogP contribution in [0.25, 0.3) is 0 Å². The Bertz CT molecular complexity index is 859. The lowest BCUT2D eigenvalue weighted by Gasteiger charge is -2.25. The summed E-state index contributed by atoms with van der Waals surface area (Å²) in [5, 5.41) is 8.62. The summed E-state index contributed by atoms with van der Waals surface area (Å²) in [7, 11) is 0. The molecule has 27 heavy (non-hydrogen) atoms. The molecule has 2 aliphatic rings. The van der Waals surface area contributed by atoms with Gasteiger partial charge in [0.15, 0.2) is 11.5 Å². The highest BCUT2D eigenvalue weighted by Gasteiger charge is 2.24. The van der Waals surface area contributed by atoms with Crippen molar-refractivity contribution < 1.29 is 19.1 Å². The van der Waals surface area contributed by atoms with Crippen LogP contribution in [-0.4, -0.2) is 31.2 Å². The molecule has 1 atom stereocenters. The number of nitrogens with one attached hydrogen (secondary N) is 3. The lowest BCUT2D eigenvalue weighted by molar-refractivity contribution is -0.125. The van der Waals surface area contributed by atoms with E-state index in [1.54, 1.807) is 18.2 Å². The molecule has 0 bridgehead atoms. The minimum Gasteiger partial charge on any atom is -0.454 e.